The number of carbonyl (C=O) groups is 1. The highest BCUT2D eigenvalue weighted by atomic mass is 16.1. The maximum Gasteiger partial charge on any atom is 0.155 e. The van der Waals surface area contributed by atoms with Crippen molar-refractivity contribution in [2.24, 2.45) is 11.3 Å². The fourth-order valence-corrected chi connectivity index (χ4v) is 2.88. The average molecular weight is 253 g/mol. The van der Waals surface area contributed by atoms with E-state index in [1.807, 2.05) is 20.8 Å². The lowest BCUT2D eigenvalue weighted by Gasteiger charge is -2.42. The molecule has 0 aromatic rings. The van der Waals surface area contributed by atoms with E-state index >= 15 is 0 Å². The zero-order chi connectivity index (χ0) is 14.1. The fraction of sp³-hybridized carbons (Fsp3) is 0.938. The van der Waals surface area contributed by atoms with Crippen LogP contribution >= 0.6 is 0 Å². The summed E-state index contributed by atoms with van der Waals surface area (Å²) >= 11 is 0. The topological polar surface area (TPSA) is 20.3 Å². The van der Waals surface area contributed by atoms with Crippen LogP contribution in [0.25, 0.3) is 0 Å². The molecule has 0 radical (unpaired) electrons. The van der Waals surface area contributed by atoms with Crippen LogP contribution in [0, 0.1) is 11.3 Å². The van der Waals surface area contributed by atoms with Gasteiger partial charge in [0.15, 0.2) is 5.78 Å². The first-order chi connectivity index (χ1) is 8.03. The Morgan fingerprint density at radius 3 is 2.06 bits per heavy atom. The van der Waals surface area contributed by atoms with Crippen LogP contribution in [-0.2, 0) is 4.79 Å². The van der Waals surface area contributed by atoms with Crippen LogP contribution in [0.5, 0.6) is 0 Å². The van der Waals surface area contributed by atoms with Gasteiger partial charge in [-0.2, -0.15) is 0 Å². The zero-order valence-electron chi connectivity index (χ0n) is 13.3. The molecule has 2 unspecified atom stereocenters. The van der Waals surface area contributed by atoms with Gasteiger partial charge in [0.25, 0.3) is 0 Å². The van der Waals surface area contributed by atoms with Crippen molar-refractivity contribution in [2.75, 3.05) is 6.54 Å². The standard InChI is InChI=1S/C16H31NO/c1-12-9-8-10-13(14(18)15(2,3)4)17(11-12)16(5,6)7/h12-13H,8-11H2,1-7H3. The predicted octanol–water partition coefficient (Wildman–Crippen LogP) is 3.89. The van der Waals surface area contributed by atoms with Gasteiger partial charge in [-0.3, -0.25) is 9.69 Å². The summed E-state index contributed by atoms with van der Waals surface area (Å²) < 4.78 is 0. The van der Waals surface area contributed by atoms with Crippen molar-refractivity contribution in [2.45, 2.75) is 79.3 Å². The second kappa shape index (κ2) is 5.32. The minimum Gasteiger partial charge on any atom is -0.297 e. The minimum atomic E-state index is -0.234. The van der Waals surface area contributed by atoms with Crippen molar-refractivity contribution in [3.63, 3.8) is 0 Å². The van der Waals surface area contributed by atoms with Gasteiger partial charge in [-0.15, -0.1) is 0 Å². The van der Waals surface area contributed by atoms with Crippen LogP contribution < -0.4 is 0 Å². The van der Waals surface area contributed by atoms with Crippen molar-refractivity contribution in [3.05, 3.63) is 0 Å². The van der Waals surface area contributed by atoms with Gasteiger partial charge >= 0.3 is 0 Å². The summed E-state index contributed by atoms with van der Waals surface area (Å²) in [7, 11) is 0. The van der Waals surface area contributed by atoms with E-state index in [0.29, 0.717) is 11.7 Å². The Balaban J connectivity index is 3.00. The molecule has 0 amide bonds. The highest BCUT2D eigenvalue weighted by molar-refractivity contribution is 5.88. The molecule has 1 aliphatic rings. The molecule has 0 saturated carbocycles. The summed E-state index contributed by atoms with van der Waals surface area (Å²) in [5, 5.41) is 0. The lowest BCUT2D eigenvalue weighted by Crippen LogP contribution is -2.54. The number of Topliss-reactive ketones (excluding diaryl/α,β-unsaturated/α-hetero) is 1. The van der Waals surface area contributed by atoms with E-state index < -0.39 is 0 Å². The van der Waals surface area contributed by atoms with E-state index in [1.54, 1.807) is 0 Å². The van der Waals surface area contributed by atoms with E-state index in [1.165, 1.54) is 12.8 Å². The average Bonchev–Trinajstić information content (AvgIpc) is 2.36. The fourth-order valence-electron chi connectivity index (χ4n) is 2.88. The molecular weight excluding hydrogens is 222 g/mol. The number of hydrogen-bond donors (Lipinski definition) is 0. The molecule has 0 aromatic carbocycles. The summed E-state index contributed by atoms with van der Waals surface area (Å²) in [5.41, 5.74) is -0.161. The Hall–Kier alpha value is -0.370. The lowest BCUT2D eigenvalue weighted by molar-refractivity contribution is -0.134. The Morgan fingerprint density at radius 1 is 1.06 bits per heavy atom. The summed E-state index contributed by atoms with van der Waals surface area (Å²) in [4.78, 5) is 15.1. The van der Waals surface area contributed by atoms with E-state index in [9.17, 15) is 4.79 Å². The first-order valence-electron chi connectivity index (χ1n) is 7.34. The monoisotopic (exact) mass is 253 g/mol. The molecule has 0 spiro atoms. The summed E-state index contributed by atoms with van der Waals surface area (Å²) in [6.45, 7) is 16.2. The number of nitrogens with zero attached hydrogens (tertiary/aromatic N) is 1. The van der Waals surface area contributed by atoms with Crippen LogP contribution in [0.2, 0.25) is 0 Å². The maximum atomic E-state index is 12.7. The molecular formula is C16H31NO. The van der Waals surface area contributed by atoms with Crippen molar-refractivity contribution < 1.29 is 4.79 Å². The Morgan fingerprint density at radius 2 is 1.61 bits per heavy atom. The first kappa shape index (κ1) is 15.7. The van der Waals surface area contributed by atoms with Gasteiger partial charge in [0.2, 0.25) is 0 Å². The van der Waals surface area contributed by atoms with E-state index in [4.69, 9.17) is 0 Å². The van der Waals surface area contributed by atoms with Crippen LogP contribution in [0.4, 0.5) is 0 Å². The summed E-state index contributed by atoms with van der Waals surface area (Å²) in [6, 6.07) is 0.106. The smallest absolute Gasteiger partial charge is 0.155 e. The second-order valence-electron chi connectivity index (χ2n) is 7.99. The number of hydrogen-bond acceptors (Lipinski definition) is 2. The van der Waals surface area contributed by atoms with E-state index in [-0.39, 0.29) is 17.0 Å². The van der Waals surface area contributed by atoms with Gasteiger partial charge in [-0.05, 0) is 39.5 Å². The molecule has 1 rings (SSSR count). The number of ketones is 1. The minimum absolute atomic E-state index is 0.0736. The predicted molar refractivity (Wildman–Crippen MR) is 77.7 cm³/mol. The molecule has 1 saturated heterocycles. The molecule has 0 aromatic heterocycles. The molecule has 2 nitrogen and oxygen atoms in total. The van der Waals surface area contributed by atoms with Crippen LogP contribution in [0.15, 0.2) is 0 Å². The van der Waals surface area contributed by atoms with Crippen LogP contribution in [0.1, 0.15) is 67.7 Å². The molecule has 106 valence electrons. The zero-order valence-corrected chi connectivity index (χ0v) is 13.3. The molecule has 1 heterocycles. The van der Waals surface area contributed by atoms with Gasteiger partial charge < -0.3 is 0 Å². The highest BCUT2D eigenvalue weighted by Crippen LogP contribution is 2.31. The Bertz CT molecular complexity index is 295. The van der Waals surface area contributed by atoms with Gasteiger partial charge in [-0.1, -0.05) is 34.1 Å². The number of likely N-dealkylation sites (tertiary alicyclic amines) is 1. The SMILES string of the molecule is CC1CCCC(C(=O)C(C)(C)C)N(C(C)(C)C)C1. The molecule has 0 aliphatic carbocycles. The molecule has 1 fully saturated rings. The Kier molecular flexibility index (Phi) is 4.64. The number of rotatable bonds is 1. The Labute approximate surface area is 113 Å². The molecule has 0 N–H and O–H groups in total. The third kappa shape index (κ3) is 3.81. The molecule has 18 heavy (non-hydrogen) atoms. The molecule has 1 aliphatic heterocycles. The van der Waals surface area contributed by atoms with Crippen molar-refractivity contribution in [1.29, 1.82) is 0 Å². The second-order valence-corrected chi connectivity index (χ2v) is 7.99. The molecule has 2 heteroatoms. The van der Waals surface area contributed by atoms with Gasteiger partial charge in [0, 0.05) is 17.5 Å². The third-order valence-corrected chi connectivity index (χ3v) is 3.96. The molecule has 2 atom stereocenters. The van der Waals surface area contributed by atoms with Gasteiger partial charge in [-0.25, -0.2) is 0 Å². The van der Waals surface area contributed by atoms with Crippen molar-refractivity contribution in [1.82, 2.24) is 4.90 Å². The highest BCUT2D eigenvalue weighted by Gasteiger charge is 2.39. The third-order valence-electron chi connectivity index (χ3n) is 3.96. The van der Waals surface area contributed by atoms with E-state index in [0.717, 1.165) is 13.0 Å². The number of carbonyl (C=O) groups excluding carboxylic acids is 1. The van der Waals surface area contributed by atoms with Crippen LogP contribution in [0.3, 0.4) is 0 Å². The van der Waals surface area contributed by atoms with Crippen LogP contribution in [-0.4, -0.2) is 28.8 Å². The summed E-state index contributed by atoms with van der Waals surface area (Å²) in [5.74, 6) is 1.11. The quantitative estimate of drug-likeness (QED) is 0.706. The summed E-state index contributed by atoms with van der Waals surface area (Å²) in [6.07, 6.45) is 3.46. The van der Waals surface area contributed by atoms with E-state index in [2.05, 4.69) is 32.6 Å². The molecule has 0 bridgehead atoms. The van der Waals surface area contributed by atoms with Crippen molar-refractivity contribution in [3.8, 4) is 0 Å². The normalized spacial score (nSPS) is 27.9. The lowest BCUT2D eigenvalue weighted by atomic mass is 9.83. The maximum absolute atomic E-state index is 12.7. The largest absolute Gasteiger partial charge is 0.297 e. The van der Waals surface area contributed by atoms with Crippen molar-refractivity contribution >= 4 is 5.78 Å². The van der Waals surface area contributed by atoms with Gasteiger partial charge in [0.05, 0.1) is 6.04 Å². The first-order valence-corrected chi connectivity index (χ1v) is 7.34. The van der Waals surface area contributed by atoms with Gasteiger partial charge in [0.1, 0.15) is 0 Å².